The number of esters is 1. The molecule has 20 heavy (non-hydrogen) atoms. The molecule has 1 heterocycles. The number of hydrogen-bond donors (Lipinski definition) is 0. The monoisotopic (exact) mass is 275 g/mol. The molecule has 0 atom stereocenters. The zero-order valence-corrected chi connectivity index (χ0v) is 11.9. The number of carbonyl (C=O) groups excluding carboxylic acids is 1. The molecule has 0 aliphatic carbocycles. The number of ether oxygens (including phenoxy) is 2. The third-order valence-electron chi connectivity index (χ3n) is 3.16. The van der Waals surface area contributed by atoms with E-state index in [0.29, 0.717) is 6.61 Å². The molecule has 1 saturated heterocycles. The van der Waals surface area contributed by atoms with Crippen molar-refractivity contribution in [3.63, 3.8) is 0 Å². The van der Waals surface area contributed by atoms with E-state index in [1.807, 2.05) is 12.1 Å². The molecule has 4 heteroatoms. The second-order valence-corrected chi connectivity index (χ2v) is 4.72. The molecule has 0 aromatic heterocycles. The molecule has 1 fully saturated rings. The molecule has 1 aliphatic rings. The Bertz CT molecular complexity index is 465. The second kappa shape index (κ2) is 7.82. The van der Waals surface area contributed by atoms with Gasteiger partial charge in [-0.25, -0.2) is 4.79 Å². The molecule has 1 aliphatic heterocycles. The Hall–Kier alpha value is -1.65. The van der Waals surface area contributed by atoms with Crippen LogP contribution in [0.1, 0.15) is 18.1 Å². The third-order valence-corrected chi connectivity index (χ3v) is 3.16. The van der Waals surface area contributed by atoms with E-state index >= 15 is 0 Å². The van der Waals surface area contributed by atoms with Gasteiger partial charge < -0.3 is 9.47 Å². The van der Waals surface area contributed by atoms with Crippen molar-refractivity contribution >= 4 is 12.0 Å². The van der Waals surface area contributed by atoms with E-state index in [9.17, 15) is 4.79 Å². The van der Waals surface area contributed by atoms with Crippen molar-refractivity contribution in [1.82, 2.24) is 4.90 Å². The quantitative estimate of drug-likeness (QED) is 0.609. The molecule has 0 unspecified atom stereocenters. The minimum Gasteiger partial charge on any atom is -0.463 e. The summed E-state index contributed by atoms with van der Waals surface area (Å²) in [4.78, 5) is 13.7. The Kier molecular flexibility index (Phi) is 5.77. The number of carbonyl (C=O) groups is 1. The van der Waals surface area contributed by atoms with E-state index in [-0.39, 0.29) is 5.97 Å². The van der Waals surface area contributed by atoms with Crippen LogP contribution in [-0.2, 0) is 20.8 Å². The van der Waals surface area contributed by atoms with Crippen LogP contribution in [0.3, 0.4) is 0 Å². The predicted molar refractivity (Wildman–Crippen MR) is 78.2 cm³/mol. The summed E-state index contributed by atoms with van der Waals surface area (Å²) in [7, 11) is 0. The zero-order chi connectivity index (χ0) is 14.2. The molecule has 0 amide bonds. The van der Waals surface area contributed by atoms with E-state index in [1.54, 1.807) is 13.0 Å². The van der Waals surface area contributed by atoms with E-state index in [2.05, 4.69) is 17.0 Å². The van der Waals surface area contributed by atoms with Crippen molar-refractivity contribution in [3.05, 3.63) is 41.5 Å². The summed E-state index contributed by atoms with van der Waals surface area (Å²) in [5.41, 5.74) is 2.27. The van der Waals surface area contributed by atoms with Gasteiger partial charge in [0.25, 0.3) is 0 Å². The maximum absolute atomic E-state index is 11.3. The Morgan fingerprint density at radius 1 is 1.40 bits per heavy atom. The first-order valence-electron chi connectivity index (χ1n) is 7.02. The van der Waals surface area contributed by atoms with Gasteiger partial charge in [0.1, 0.15) is 0 Å². The van der Waals surface area contributed by atoms with Gasteiger partial charge in [0.05, 0.1) is 19.8 Å². The highest BCUT2D eigenvalue weighted by molar-refractivity contribution is 5.87. The first kappa shape index (κ1) is 14.8. The molecule has 0 saturated carbocycles. The van der Waals surface area contributed by atoms with Crippen LogP contribution in [0.25, 0.3) is 6.08 Å². The van der Waals surface area contributed by atoms with Crippen LogP contribution < -0.4 is 0 Å². The fourth-order valence-corrected chi connectivity index (χ4v) is 2.17. The van der Waals surface area contributed by atoms with E-state index in [0.717, 1.165) is 38.4 Å². The lowest BCUT2D eigenvalue weighted by atomic mass is 10.1. The lowest BCUT2D eigenvalue weighted by Crippen LogP contribution is -2.35. The highest BCUT2D eigenvalue weighted by atomic mass is 16.5. The summed E-state index contributed by atoms with van der Waals surface area (Å²) < 4.78 is 10.2. The van der Waals surface area contributed by atoms with Gasteiger partial charge in [-0.2, -0.15) is 0 Å². The van der Waals surface area contributed by atoms with Gasteiger partial charge in [-0.15, -0.1) is 0 Å². The first-order chi connectivity index (χ1) is 9.78. The highest BCUT2D eigenvalue weighted by Gasteiger charge is 2.10. The lowest BCUT2D eigenvalue weighted by Gasteiger charge is -2.26. The molecule has 0 spiro atoms. The van der Waals surface area contributed by atoms with Crippen molar-refractivity contribution in [3.8, 4) is 0 Å². The molecule has 0 radical (unpaired) electrons. The van der Waals surface area contributed by atoms with Gasteiger partial charge in [0, 0.05) is 25.7 Å². The van der Waals surface area contributed by atoms with Gasteiger partial charge >= 0.3 is 5.97 Å². The Morgan fingerprint density at radius 3 is 2.95 bits per heavy atom. The third kappa shape index (κ3) is 4.79. The normalized spacial score (nSPS) is 16.4. The predicted octanol–water partition coefficient (Wildman–Crippen LogP) is 2.10. The van der Waals surface area contributed by atoms with Crippen LogP contribution >= 0.6 is 0 Å². The summed E-state index contributed by atoms with van der Waals surface area (Å²) in [6, 6.07) is 8.21. The maximum atomic E-state index is 11.3. The Labute approximate surface area is 120 Å². The van der Waals surface area contributed by atoms with E-state index < -0.39 is 0 Å². The second-order valence-electron chi connectivity index (χ2n) is 4.72. The molecule has 2 rings (SSSR count). The van der Waals surface area contributed by atoms with Crippen molar-refractivity contribution in [2.45, 2.75) is 13.5 Å². The number of benzene rings is 1. The molecule has 108 valence electrons. The summed E-state index contributed by atoms with van der Waals surface area (Å²) in [5, 5.41) is 0. The fourth-order valence-electron chi connectivity index (χ4n) is 2.17. The topological polar surface area (TPSA) is 38.8 Å². The Balaban J connectivity index is 1.94. The molecule has 4 nitrogen and oxygen atoms in total. The lowest BCUT2D eigenvalue weighted by molar-refractivity contribution is -0.137. The van der Waals surface area contributed by atoms with Gasteiger partial charge in [-0.05, 0) is 24.1 Å². The van der Waals surface area contributed by atoms with Crippen molar-refractivity contribution < 1.29 is 14.3 Å². The average molecular weight is 275 g/mol. The number of morpholine rings is 1. The summed E-state index contributed by atoms with van der Waals surface area (Å²) >= 11 is 0. The van der Waals surface area contributed by atoms with Gasteiger partial charge in [-0.1, -0.05) is 24.3 Å². The van der Waals surface area contributed by atoms with Gasteiger partial charge in [0.15, 0.2) is 0 Å². The molecule has 1 aromatic rings. The smallest absolute Gasteiger partial charge is 0.330 e. The van der Waals surface area contributed by atoms with Crippen LogP contribution in [0.5, 0.6) is 0 Å². The summed E-state index contributed by atoms with van der Waals surface area (Å²) in [5.74, 6) is -0.300. The van der Waals surface area contributed by atoms with Gasteiger partial charge in [0.2, 0.25) is 0 Å². The number of nitrogens with zero attached hydrogens (tertiary/aromatic N) is 1. The molecule has 0 bridgehead atoms. The molecule has 0 N–H and O–H groups in total. The Morgan fingerprint density at radius 2 is 2.20 bits per heavy atom. The number of hydrogen-bond acceptors (Lipinski definition) is 4. The highest BCUT2D eigenvalue weighted by Crippen LogP contribution is 2.11. The summed E-state index contributed by atoms with van der Waals surface area (Å²) in [6.07, 6.45) is 3.26. The van der Waals surface area contributed by atoms with Crippen molar-refractivity contribution in [2.75, 3.05) is 32.9 Å². The van der Waals surface area contributed by atoms with E-state index in [4.69, 9.17) is 9.47 Å². The van der Waals surface area contributed by atoms with Crippen LogP contribution in [0.4, 0.5) is 0 Å². The van der Waals surface area contributed by atoms with Crippen molar-refractivity contribution in [1.29, 1.82) is 0 Å². The zero-order valence-electron chi connectivity index (χ0n) is 11.9. The minimum atomic E-state index is -0.300. The van der Waals surface area contributed by atoms with E-state index in [1.165, 1.54) is 11.6 Å². The molecule has 1 aromatic carbocycles. The van der Waals surface area contributed by atoms with Crippen LogP contribution in [0.2, 0.25) is 0 Å². The molecular weight excluding hydrogens is 254 g/mol. The first-order valence-corrected chi connectivity index (χ1v) is 7.02. The fraction of sp³-hybridized carbons (Fsp3) is 0.438. The van der Waals surface area contributed by atoms with Gasteiger partial charge in [-0.3, -0.25) is 4.90 Å². The van der Waals surface area contributed by atoms with Crippen molar-refractivity contribution in [2.24, 2.45) is 0 Å². The van der Waals surface area contributed by atoms with Crippen LogP contribution in [0, 0.1) is 0 Å². The number of rotatable bonds is 5. The average Bonchev–Trinajstić information content (AvgIpc) is 2.47. The van der Waals surface area contributed by atoms with Crippen LogP contribution in [-0.4, -0.2) is 43.8 Å². The standard InChI is InChI=1S/C16H21NO3/c1-2-20-16(18)7-6-14-4-3-5-15(12-14)13-17-8-10-19-11-9-17/h3-7,12H,2,8-11,13H2,1H3. The maximum Gasteiger partial charge on any atom is 0.330 e. The molecular formula is C16H21NO3. The minimum absolute atomic E-state index is 0.300. The largest absolute Gasteiger partial charge is 0.463 e. The SMILES string of the molecule is CCOC(=O)C=Cc1cccc(CN2CCOCC2)c1. The van der Waals surface area contributed by atoms with Crippen LogP contribution in [0.15, 0.2) is 30.3 Å². The summed E-state index contributed by atoms with van der Waals surface area (Å²) in [6.45, 7) is 6.69.